The molecule has 0 bridgehead atoms. The van der Waals surface area contributed by atoms with Gasteiger partial charge in [0.2, 0.25) is 0 Å². The SMILES string of the molecule is FC(F)(c1ccccc1)C(F)(F)c1ccc(CCCI)cc1. The van der Waals surface area contributed by atoms with Gasteiger partial charge >= 0.3 is 11.8 Å². The van der Waals surface area contributed by atoms with Crippen LogP contribution >= 0.6 is 22.6 Å². The van der Waals surface area contributed by atoms with E-state index in [1.165, 1.54) is 30.3 Å². The Kier molecular flexibility index (Phi) is 5.47. The van der Waals surface area contributed by atoms with Crippen LogP contribution in [0.5, 0.6) is 0 Å². The van der Waals surface area contributed by atoms with Crippen LogP contribution < -0.4 is 0 Å². The molecule has 22 heavy (non-hydrogen) atoms. The van der Waals surface area contributed by atoms with Crippen molar-refractivity contribution in [1.82, 2.24) is 0 Å². The van der Waals surface area contributed by atoms with Gasteiger partial charge in [0, 0.05) is 11.1 Å². The highest BCUT2D eigenvalue weighted by atomic mass is 127. The van der Waals surface area contributed by atoms with Gasteiger partial charge in [0.1, 0.15) is 0 Å². The van der Waals surface area contributed by atoms with E-state index in [1.54, 1.807) is 0 Å². The molecule has 2 aromatic rings. The van der Waals surface area contributed by atoms with Crippen molar-refractivity contribution in [2.24, 2.45) is 0 Å². The first kappa shape index (κ1) is 17.2. The van der Waals surface area contributed by atoms with Crippen LogP contribution in [0, 0.1) is 0 Å². The summed E-state index contributed by atoms with van der Waals surface area (Å²) in [5.41, 5.74) is -0.479. The molecule has 0 saturated carbocycles. The van der Waals surface area contributed by atoms with Crippen LogP contribution in [-0.4, -0.2) is 4.43 Å². The van der Waals surface area contributed by atoms with E-state index in [0.717, 1.165) is 47.1 Å². The first-order valence-electron chi connectivity index (χ1n) is 6.86. The zero-order valence-corrected chi connectivity index (χ0v) is 13.9. The molecule has 0 heterocycles. The second kappa shape index (κ2) is 6.98. The number of alkyl halides is 5. The Morgan fingerprint density at radius 1 is 0.727 bits per heavy atom. The largest absolute Gasteiger partial charge is 0.339 e. The Bertz CT molecular complexity index is 594. The van der Waals surface area contributed by atoms with Crippen molar-refractivity contribution in [3.8, 4) is 0 Å². The summed E-state index contributed by atoms with van der Waals surface area (Å²) in [7, 11) is 0. The van der Waals surface area contributed by atoms with Crippen LogP contribution in [-0.2, 0) is 18.3 Å². The molecule has 5 heteroatoms. The van der Waals surface area contributed by atoms with Crippen LogP contribution in [0.4, 0.5) is 17.6 Å². The van der Waals surface area contributed by atoms with Gasteiger partial charge in [-0.15, -0.1) is 0 Å². The predicted octanol–water partition coefficient (Wildman–Crippen LogP) is 5.94. The van der Waals surface area contributed by atoms with Crippen molar-refractivity contribution in [3.63, 3.8) is 0 Å². The lowest BCUT2D eigenvalue weighted by atomic mass is 9.95. The standard InChI is InChI=1S/C17H15F4I/c18-16(19,14-6-2-1-3-7-14)17(20,21)15-10-8-13(9-11-15)5-4-12-22/h1-3,6-11H,4-5,12H2. The van der Waals surface area contributed by atoms with Crippen molar-refractivity contribution >= 4 is 22.6 Å². The summed E-state index contributed by atoms with van der Waals surface area (Å²) in [6, 6.07) is 11.4. The highest BCUT2D eigenvalue weighted by Gasteiger charge is 2.58. The molecule has 0 aliphatic rings. The Hall–Kier alpha value is -1.11. The van der Waals surface area contributed by atoms with Crippen molar-refractivity contribution < 1.29 is 17.6 Å². The van der Waals surface area contributed by atoms with Gasteiger partial charge in [-0.2, -0.15) is 17.6 Å². The van der Waals surface area contributed by atoms with Crippen LogP contribution in [0.2, 0.25) is 0 Å². The molecule has 0 nitrogen and oxygen atoms in total. The summed E-state index contributed by atoms with van der Waals surface area (Å²) in [6.07, 6.45) is 1.68. The maximum atomic E-state index is 14.3. The van der Waals surface area contributed by atoms with E-state index < -0.39 is 23.0 Å². The fraction of sp³-hybridized carbons (Fsp3) is 0.294. The molecule has 0 aromatic heterocycles. The minimum atomic E-state index is -4.25. The lowest BCUT2D eigenvalue weighted by Crippen LogP contribution is -2.35. The molecular formula is C17H15F4I. The average molecular weight is 422 g/mol. The van der Waals surface area contributed by atoms with Gasteiger partial charge in [-0.05, 0) is 22.8 Å². The maximum Gasteiger partial charge on any atom is 0.339 e. The molecule has 0 spiro atoms. The first-order chi connectivity index (χ1) is 10.4. The van der Waals surface area contributed by atoms with E-state index in [-0.39, 0.29) is 0 Å². The molecule has 2 rings (SSSR count). The van der Waals surface area contributed by atoms with E-state index in [0.29, 0.717) is 0 Å². The van der Waals surface area contributed by atoms with Crippen molar-refractivity contribution in [2.45, 2.75) is 24.7 Å². The summed E-state index contributed by atoms with van der Waals surface area (Å²) in [5.74, 6) is -8.51. The molecule has 0 radical (unpaired) electrons. The van der Waals surface area contributed by atoms with Gasteiger partial charge in [0.25, 0.3) is 0 Å². The zero-order chi connectivity index (χ0) is 16.2. The van der Waals surface area contributed by atoms with Gasteiger partial charge in [-0.25, -0.2) is 0 Å². The fourth-order valence-corrected chi connectivity index (χ4v) is 2.54. The number of aryl methyl sites for hydroxylation is 1. The second-order valence-corrected chi connectivity index (χ2v) is 6.08. The van der Waals surface area contributed by atoms with E-state index in [1.807, 2.05) is 0 Å². The van der Waals surface area contributed by atoms with E-state index in [4.69, 9.17) is 0 Å². The topological polar surface area (TPSA) is 0 Å². The normalized spacial score (nSPS) is 12.4. The summed E-state index contributed by atoms with van der Waals surface area (Å²) < 4.78 is 57.8. The maximum absolute atomic E-state index is 14.3. The molecule has 0 aliphatic carbocycles. The monoisotopic (exact) mass is 422 g/mol. The number of benzene rings is 2. The van der Waals surface area contributed by atoms with Crippen LogP contribution in [0.1, 0.15) is 23.1 Å². The highest BCUT2D eigenvalue weighted by Crippen LogP contribution is 2.49. The van der Waals surface area contributed by atoms with Gasteiger partial charge in [0.15, 0.2) is 0 Å². The molecule has 0 atom stereocenters. The van der Waals surface area contributed by atoms with E-state index in [9.17, 15) is 17.6 Å². The molecule has 0 unspecified atom stereocenters. The molecule has 0 amide bonds. The Balaban J connectivity index is 2.29. The Labute approximate surface area is 140 Å². The van der Waals surface area contributed by atoms with Crippen molar-refractivity contribution in [1.29, 1.82) is 0 Å². The molecule has 0 N–H and O–H groups in total. The average Bonchev–Trinajstić information content (AvgIpc) is 2.54. The summed E-state index contributed by atoms with van der Waals surface area (Å²) >= 11 is 2.23. The zero-order valence-electron chi connectivity index (χ0n) is 11.7. The third-order valence-electron chi connectivity index (χ3n) is 3.45. The fourth-order valence-electron chi connectivity index (χ4n) is 2.16. The van der Waals surface area contributed by atoms with E-state index >= 15 is 0 Å². The van der Waals surface area contributed by atoms with Crippen molar-refractivity contribution in [2.75, 3.05) is 4.43 Å². The number of halogens is 5. The van der Waals surface area contributed by atoms with Gasteiger partial charge in [-0.3, -0.25) is 0 Å². The Morgan fingerprint density at radius 3 is 1.73 bits per heavy atom. The lowest BCUT2D eigenvalue weighted by Gasteiger charge is -2.27. The quantitative estimate of drug-likeness (QED) is 0.307. The second-order valence-electron chi connectivity index (χ2n) is 5.00. The minimum absolute atomic E-state index is 0.667. The molecule has 0 aliphatic heterocycles. The first-order valence-corrected chi connectivity index (χ1v) is 8.38. The molecular weight excluding hydrogens is 407 g/mol. The smallest absolute Gasteiger partial charge is 0.194 e. The van der Waals surface area contributed by atoms with Gasteiger partial charge in [0.05, 0.1) is 0 Å². The van der Waals surface area contributed by atoms with Crippen LogP contribution in [0.3, 0.4) is 0 Å². The number of hydrogen-bond donors (Lipinski definition) is 0. The predicted molar refractivity (Wildman–Crippen MR) is 87.9 cm³/mol. The third-order valence-corrected chi connectivity index (χ3v) is 4.21. The molecule has 2 aromatic carbocycles. The molecule has 118 valence electrons. The van der Waals surface area contributed by atoms with E-state index in [2.05, 4.69) is 22.6 Å². The Morgan fingerprint density at radius 2 is 1.23 bits per heavy atom. The molecule has 0 fully saturated rings. The summed E-state index contributed by atoms with van der Waals surface area (Å²) in [4.78, 5) is 0. The number of rotatable bonds is 6. The highest BCUT2D eigenvalue weighted by molar-refractivity contribution is 14.1. The van der Waals surface area contributed by atoms with Crippen LogP contribution in [0.25, 0.3) is 0 Å². The van der Waals surface area contributed by atoms with Crippen molar-refractivity contribution in [3.05, 3.63) is 71.3 Å². The summed E-state index contributed by atoms with van der Waals surface area (Å²) in [5, 5.41) is 0. The van der Waals surface area contributed by atoms with Gasteiger partial charge < -0.3 is 0 Å². The summed E-state index contributed by atoms with van der Waals surface area (Å²) in [6.45, 7) is 0. The van der Waals surface area contributed by atoms with Crippen LogP contribution in [0.15, 0.2) is 54.6 Å². The van der Waals surface area contributed by atoms with Gasteiger partial charge in [-0.1, -0.05) is 77.2 Å². The molecule has 0 saturated heterocycles. The third kappa shape index (κ3) is 3.45. The lowest BCUT2D eigenvalue weighted by molar-refractivity contribution is -0.223. The minimum Gasteiger partial charge on any atom is -0.194 e. The number of hydrogen-bond acceptors (Lipinski definition) is 0.